The van der Waals surface area contributed by atoms with Gasteiger partial charge in [0.25, 0.3) is 0 Å². The molecule has 118 valence electrons. The van der Waals surface area contributed by atoms with Crippen LogP contribution in [-0.4, -0.2) is 17.3 Å². The van der Waals surface area contributed by atoms with Crippen molar-refractivity contribution in [3.8, 4) is 0 Å². The number of nitrogens with zero attached hydrogens (tertiary/aromatic N) is 2. The third-order valence-electron chi connectivity index (χ3n) is 5.73. The molecular weight excluding hydrogens is 280 g/mol. The highest BCUT2D eigenvalue weighted by molar-refractivity contribution is 6.03. The fourth-order valence-corrected chi connectivity index (χ4v) is 3.90. The molecular formula is C21H24N2. The van der Waals surface area contributed by atoms with E-state index in [-0.39, 0.29) is 11.0 Å². The van der Waals surface area contributed by atoms with E-state index in [9.17, 15) is 0 Å². The van der Waals surface area contributed by atoms with Gasteiger partial charge in [0.15, 0.2) is 0 Å². The van der Waals surface area contributed by atoms with Crippen molar-refractivity contribution >= 4 is 5.71 Å². The van der Waals surface area contributed by atoms with E-state index < -0.39 is 0 Å². The second-order valence-electron chi connectivity index (χ2n) is 7.36. The molecule has 0 amide bonds. The molecule has 4 rings (SSSR count). The number of aliphatic imine (C=N–C) groups is 1. The van der Waals surface area contributed by atoms with Crippen LogP contribution in [0.4, 0.5) is 0 Å². The van der Waals surface area contributed by atoms with Crippen LogP contribution in [0, 0.1) is 5.41 Å². The predicted molar refractivity (Wildman–Crippen MR) is 96.3 cm³/mol. The van der Waals surface area contributed by atoms with Gasteiger partial charge in [-0.3, -0.25) is 4.99 Å². The molecule has 2 aliphatic heterocycles. The van der Waals surface area contributed by atoms with Crippen LogP contribution in [-0.2, 0) is 5.54 Å². The minimum Gasteiger partial charge on any atom is -0.338 e. The Morgan fingerprint density at radius 2 is 1.96 bits per heavy atom. The first kappa shape index (κ1) is 14.5. The Kier molecular flexibility index (Phi) is 3.12. The van der Waals surface area contributed by atoms with Gasteiger partial charge in [0.2, 0.25) is 0 Å². The van der Waals surface area contributed by atoms with Gasteiger partial charge < -0.3 is 4.90 Å². The fraction of sp³-hybridized carbons (Fsp3) is 0.381. The van der Waals surface area contributed by atoms with Crippen molar-refractivity contribution in [3.63, 3.8) is 0 Å². The normalized spacial score (nSPS) is 26.2. The van der Waals surface area contributed by atoms with Crippen LogP contribution in [0.1, 0.15) is 39.2 Å². The van der Waals surface area contributed by atoms with Gasteiger partial charge in [-0.2, -0.15) is 0 Å². The van der Waals surface area contributed by atoms with Crippen molar-refractivity contribution in [2.45, 2.75) is 39.2 Å². The first-order valence-electron chi connectivity index (χ1n) is 8.51. The molecule has 0 spiro atoms. The summed E-state index contributed by atoms with van der Waals surface area (Å²) in [7, 11) is 0. The average Bonchev–Trinajstić information content (AvgIpc) is 3.22. The first-order valence-corrected chi connectivity index (χ1v) is 8.51. The smallest absolute Gasteiger partial charge is 0.111 e. The second-order valence-corrected chi connectivity index (χ2v) is 7.36. The van der Waals surface area contributed by atoms with E-state index in [0.717, 1.165) is 19.5 Å². The van der Waals surface area contributed by atoms with Crippen molar-refractivity contribution in [3.05, 3.63) is 71.5 Å². The van der Waals surface area contributed by atoms with Gasteiger partial charge >= 0.3 is 0 Å². The average molecular weight is 304 g/mol. The SMILES string of the molecule is CC(C)(C1=CC=CCC1)C1=NCN2C(=C1)C2(C)c1ccccc1. The van der Waals surface area contributed by atoms with E-state index >= 15 is 0 Å². The zero-order chi connectivity index (χ0) is 16.1. The first-order chi connectivity index (χ1) is 11.0. The molecule has 3 aliphatic rings. The van der Waals surface area contributed by atoms with Crippen LogP contribution in [0.25, 0.3) is 0 Å². The van der Waals surface area contributed by atoms with Gasteiger partial charge in [0.05, 0.1) is 0 Å². The molecule has 1 unspecified atom stereocenters. The summed E-state index contributed by atoms with van der Waals surface area (Å²) in [6.45, 7) is 7.71. The maximum Gasteiger partial charge on any atom is 0.111 e. The largest absolute Gasteiger partial charge is 0.338 e. The maximum atomic E-state index is 4.92. The predicted octanol–water partition coefficient (Wildman–Crippen LogP) is 4.82. The molecule has 1 aromatic carbocycles. The van der Waals surface area contributed by atoms with Gasteiger partial charge in [-0.1, -0.05) is 68.0 Å². The molecule has 0 bridgehead atoms. The monoisotopic (exact) mass is 304 g/mol. The van der Waals surface area contributed by atoms with E-state index in [1.54, 1.807) is 0 Å². The summed E-state index contributed by atoms with van der Waals surface area (Å²) in [5, 5.41) is 0. The van der Waals surface area contributed by atoms with Crippen molar-refractivity contribution in [1.29, 1.82) is 0 Å². The van der Waals surface area contributed by atoms with E-state index in [2.05, 4.69) is 80.3 Å². The summed E-state index contributed by atoms with van der Waals surface area (Å²) in [6.07, 6.45) is 11.3. The standard InChI is InChI=1S/C21H24N2/c1-20(2,16-10-6-4-7-11-16)18-14-19-21(3,23(19)15-22-18)17-12-8-5-9-13-17/h4-6,8-10,12-14H,7,11,15H2,1-3H3. The highest BCUT2D eigenvalue weighted by Gasteiger charge is 2.56. The zero-order valence-electron chi connectivity index (χ0n) is 14.2. The van der Waals surface area contributed by atoms with Gasteiger partial charge in [-0.15, -0.1) is 0 Å². The summed E-state index contributed by atoms with van der Waals surface area (Å²) in [5.74, 6) is 0. The molecule has 23 heavy (non-hydrogen) atoms. The number of rotatable bonds is 3. The molecule has 0 saturated carbocycles. The van der Waals surface area contributed by atoms with Gasteiger partial charge in [-0.05, 0) is 31.4 Å². The number of allylic oxidation sites excluding steroid dienone is 5. The fourth-order valence-electron chi connectivity index (χ4n) is 3.90. The number of benzene rings is 1. The van der Waals surface area contributed by atoms with Crippen LogP contribution in [0.5, 0.6) is 0 Å². The lowest BCUT2D eigenvalue weighted by atomic mass is 9.75. The number of hydrogen-bond acceptors (Lipinski definition) is 2. The maximum absolute atomic E-state index is 4.92. The van der Waals surface area contributed by atoms with E-state index in [1.807, 2.05) is 0 Å². The minimum atomic E-state index is 0.0179. The van der Waals surface area contributed by atoms with Gasteiger partial charge in [0, 0.05) is 16.8 Å². The quantitative estimate of drug-likeness (QED) is 0.731. The van der Waals surface area contributed by atoms with Crippen LogP contribution in [0.2, 0.25) is 0 Å². The molecule has 0 radical (unpaired) electrons. The van der Waals surface area contributed by atoms with Crippen LogP contribution in [0.3, 0.4) is 0 Å². The van der Waals surface area contributed by atoms with Crippen molar-refractivity contribution < 1.29 is 0 Å². The zero-order valence-corrected chi connectivity index (χ0v) is 14.2. The number of fused-ring (bicyclic) bond motifs is 1. The molecule has 0 aromatic heterocycles. The molecule has 2 heteroatoms. The van der Waals surface area contributed by atoms with Crippen molar-refractivity contribution in [2.24, 2.45) is 10.4 Å². The highest BCUT2D eigenvalue weighted by Crippen LogP contribution is 2.55. The lowest BCUT2D eigenvalue weighted by molar-refractivity contribution is 0.446. The Hall–Kier alpha value is -2.09. The Bertz CT molecular complexity index is 749. The summed E-state index contributed by atoms with van der Waals surface area (Å²) >= 11 is 0. The third-order valence-corrected chi connectivity index (χ3v) is 5.73. The van der Waals surface area contributed by atoms with Gasteiger partial charge in [0.1, 0.15) is 12.2 Å². The van der Waals surface area contributed by atoms with Crippen LogP contribution >= 0.6 is 0 Å². The molecule has 1 atom stereocenters. The molecule has 1 aliphatic carbocycles. The summed E-state index contributed by atoms with van der Waals surface area (Å²) in [5.41, 5.74) is 5.54. The summed E-state index contributed by atoms with van der Waals surface area (Å²) < 4.78 is 0. The third kappa shape index (κ3) is 2.12. The summed E-state index contributed by atoms with van der Waals surface area (Å²) in [4.78, 5) is 7.32. The van der Waals surface area contributed by atoms with Crippen LogP contribution < -0.4 is 0 Å². The van der Waals surface area contributed by atoms with E-state index in [4.69, 9.17) is 4.99 Å². The molecule has 0 N–H and O–H groups in total. The van der Waals surface area contributed by atoms with E-state index in [0.29, 0.717) is 0 Å². The van der Waals surface area contributed by atoms with Crippen molar-refractivity contribution in [1.82, 2.24) is 4.90 Å². The Balaban J connectivity index is 1.65. The molecule has 1 saturated heterocycles. The Morgan fingerprint density at radius 1 is 1.17 bits per heavy atom. The molecule has 2 nitrogen and oxygen atoms in total. The highest BCUT2D eigenvalue weighted by atomic mass is 15.4. The molecule has 2 heterocycles. The number of hydrogen-bond donors (Lipinski definition) is 0. The Morgan fingerprint density at radius 3 is 2.65 bits per heavy atom. The van der Waals surface area contributed by atoms with Crippen molar-refractivity contribution in [2.75, 3.05) is 6.67 Å². The van der Waals surface area contributed by atoms with E-state index in [1.165, 1.54) is 22.5 Å². The van der Waals surface area contributed by atoms with Gasteiger partial charge in [-0.25, -0.2) is 0 Å². The minimum absolute atomic E-state index is 0.0179. The van der Waals surface area contributed by atoms with Crippen LogP contribution in [0.15, 0.2) is 70.9 Å². The molecule has 1 aromatic rings. The molecule has 1 fully saturated rings. The summed E-state index contributed by atoms with van der Waals surface area (Å²) in [6, 6.07) is 10.8. The second kappa shape index (κ2) is 4.95. The Labute approximate surface area is 138 Å². The lowest BCUT2D eigenvalue weighted by Gasteiger charge is -2.30. The topological polar surface area (TPSA) is 15.4 Å². The lowest BCUT2D eigenvalue weighted by Crippen LogP contribution is -2.28.